The molecule has 0 saturated carbocycles. The number of pyridine rings is 1. The Hall–Kier alpha value is -1.09. The molecule has 0 bridgehead atoms. The van der Waals surface area contributed by atoms with Crippen LogP contribution in [0.15, 0.2) is 18.5 Å². The fourth-order valence-electron chi connectivity index (χ4n) is 2.09. The summed E-state index contributed by atoms with van der Waals surface area (Å²) in [4.78, 5) is 6.72. The van der Waals surface area contributed by atoms with E-state index in [4.69, 9.17) is 0 Å². The Morgan fingerprint density at radius 2 is 2.00 bits per heavy atom. The van der Waals surface area contributed by atoms with Gasteiger partial charge in [-0.3, -0.25) is 4.98 Å². The first-order valence-electron chi connectivity index (χ1n) is 7.03. The van der Waals surface area contributed by atoms with E-state index < -0.39 is 0 Å². The zero-order chi connectivity index (χ0) is 13.5. The zero-order valence-corrected chi connectivity index (χ0v) is 12.4. The molecule has 1 unspecified atom stereocenters. The highest BCUT2D eigenvalue weighted by molar-refractivity contribution is 5.52. The topological polar surface area (TPSA) is 28.2 Å². The summed E-state index contributed by atoms with van der Waals surface area (Å²) in [6, 6.07) is 3.19. The Kier molecular flexibility index (Phi) is 6.13. The third-order valence-electron chi connectivity index (χ3n) is 3.35. The van der Waals surface area contributed by atoms with E-state index in [0.29, 0.717) is 12.1 Å². The monoisotopic (exact) mass is 249 g/mol. The highest BCUT2D eigenvalue weighted by Crippen LogP contribution is 2.22. The Morgan fingerprint density at radius 3 is 2.56 bits per heavy atom. The second-order valence-corrected chi connectivity index (χ2v) is 5.08. The van der Waals surface area contributed by atoms with Crippen LogP contribution in [0.3, 0.4) is 0 Å². The minimum Gasteiger partial charge on any atom is -0.369 e. The number of aromatic nitrogens is 1. The number of nitrogens with zero attached hydrogens (tertiary/aromatic N) is 2. The summed E-state index contributed by atoms with van der Waals surface area (Å²) in [5.74, 6) is 0. The molecule has 3 heteroatoms. The van der Waals surface area contributed by atoms with Gasteiger partial charge in [-0.05, 0) is 26.3 Å². The molecule has 0 radical (unpaired) electrons. The van der Waals surface area contributed by atoms with Crippen molar-refractivity contribution in [1.82, 2.24) is 10.3 Å². The van der Waals surface area contributed by atoms with E-state index in [1.807, 2.05) is 12.4 Å². The van der Waals surface area contributed by atoms with E-state index in [2.05, 4.69) is 55.9 Å². The van der Waals surface area contributed by atoms with Crippen molar-refractivity contribution in [2.24, 2.45) is 0 Å². The van der Waals surface area contributed by atoms with Gasteiger partial charge < -0.3 is 10.2 Å². The van der Waals surface area contributed by atoms with E-state index in [1.165, 1.54) is 11.3 Å². The second kappa shape index (κ2) is 7.37. The van der Waals surface area contributed by atoms with Crippen molar-refractivity contribution in [3.63, 3.8) is 0 Å². The molecule has 1 rings (SSSR count). The molecule has 0 aromatic carbocycles. The molecule has 102 valence electrons. The van der Waals surface area contributed by atoms with Crippen LogP contribution in [0.2, 0.25) is 0 Å². The molecule has 1 heterocycles. The first-order valence-corrected chi connectivity index (χ1v) is 7.03. The van der Waals surface area contributed by atoms with Crippen molar-refractivity contribution in [2.45, 2.75) is 59.7 Å². The lowest BCUT2D eigenvalue weighted by atomic mass is 10.1. The predicted molar refractivity (Wildman–Crippen MR) is 79.0 cm³/mol. The first kappa shape index (κ1) is 15.0. The lowest BCUT2D eigenvalue weighted by molar-refractivity contribution is 0.581. The van der Waals surface area contributed by atoms with Crippen LogP contribution < -0.4 is 10.2 Å². The molecule has 1 aromatic heterocycles. The number of hydrogen-bond acceptors (Lipinski definition) is 3. The fourth-order valence-corrected chi connectivity index (χ4v) is 2.09. The lowest BCUT2D eigenvalue weighted by Crippen LogP contribution is -2.34. The average molecular weight is 249 g/mol. The number of anilines is 1. The molecule has 1 aromatic rings. The molecule has 0 aliphatic rings. The predicted octanol–water partition coefficient (Wildman–Crippen LogP) is 3.20. The standard InChI is InChI=1S/C15H27N3/c1-6-13(5)18(7-2)15-8-9-16-10-14(15)11-17-12(3)4/h8-10,12-13,17H,6-7,11H2,1-5H3. The van der Waals surface area contributed by atoms with Crippen LogP contribution in [0.5, 0.6) is 0 Å². The van der Waals surface area contributed by atoms with Gasteiger partial charge in [0.1, 0.15) is 0 Å². The Morgan fingerprint density at radius 1 is 1.28 bits per heavy atom. The van der Waals surface area contributed by atoms with Gasteiger partial charge in [0.25, 0.3) is 0 Å². The second-order valence-electron chi connectivity index (χ2n) is 5.08. The lowest BCUT2D eigenvalue weighted by Gasteiger charge is -2.31. The number of hydrogen-bond donors (Lipinski definition) is 1. The van der Waals surface area contributed by atoms with E-state index in [9.17, 15) is 0 Å². The van der Waals surface area contributed by atoms with Gasteiger partial charge in [0.15, 0.2) is 0 Å². The van der Waals surface area contributed by atoms with Crippen molar-refractivity contribution < 1.29 is 0 Å². The van der Waals surface area contributed by atoms with Gasteiger partial charge in [0, 0.05) is 48.8 Å². The van der Waals surface area contributed by atoms with Crippen LogP contribution in [0.4, 0.5) is 5.69 Å². The summed E-state index contributed by atoms with van der Waals surface area (Å²) in [7, 11) is 0. The highest BCUT2D eigenvalue weighted by atomic mass is 15.2. The maximum absolute atomic E-state index is 4.26. The number of rotatable bonds is 7. The SMILES string of the molecule is CCC(C)N(CC)c1ccncc1CNC(C)C. The van der Waals surface area contributed by atoms with Gasteiger partial charge in [0.05, 0.1) is 0 Å². The van der Waals surface area contributed by atoms with Crippen LogP contribution in [-0.4, -0.2) is 23.6 Å². The smallest absolute Gasteiger partial charge is 0.0445 e. The molecule has 3 nitrogen and oxygen atoms in total. The Balaban J connectivity index is 2.91. The van der Waals surface area contributed by atoms with Gasteiger partial charge in [-0.1, -0.05) is 20.8 Å². The van der Waals surface area contributed by atoms with E-state index in [1.54, 1.807) is 0 Å². The third-order valence-corrected chi connectivity index (χ3v) is 3.35. The van der Waals surface area contributed by atoms with E-state index in [0.717, 1.165) is 19.5 Å². The van der Waals surface area contributed by atoms with Crippen molar-refractivity contribution in [3.8, 4) is 0 Å². The molecule has 0 aliphatic heterocycles. The molecule has 0 spiro atoms. The summed E-state index contributed by atoms with van der Waals surface area (Å²) >= 11 is 0. The van der Waals surface area contributed by atoms with Gasteiger partial charge in [-0.25, -0.2) is 0 Å². The summed E-state index contributed by atoms with van der Waals surface area (Å²) in [5.41, 5.74) is 2.60. The van der Waals surface area contributed by atoms with Crippen molar-refractivity contribution in [2.75, 3.05) is 11.4 Å². The van der Waals surface area contributed by atoms with Crippen molar-refractivity contribution >= 4 is 5.69 Å². The van der Waals surface area contributed by atoms with Crippen molar-refractivity contribution in [3.05, 3.63) is 24.0 Å². The maximum atomic E-state index is 4.26. The third kappa shape index (κ3) is 3.98. The molecule has 18 heavy (non-hydrogen) atoms. The van der Waals surface area contributed by atoms with Crippen LogP contribution in [0.1, 0.15) is 46.6 Å². The normalized spacial score (nSPS) is 12.8. The summed E-state index contributed by atoms with van der Waals surface area (Å²) in [6.07, 6.45) is 5.03. The molecule has 0 amide bonds. The first-order chi connectivity index (χ1) is 8.60. The van der Waals surface area contributed by atoms with E-state index in [-0.39, 0.29) is 0 Å². The van der Waals surface area contributed by atoms with Crippen LogP contribution >= 0.6 is 0 Å². The summed E-state index contributed by atoms with van der Waals surface area (Å²) in [5, 5.41) is 3.47. The van der Waals surface area contributed by atoms with Gasteiger partial charge >= 0.3 is 0 Å². The average Bonchev–Trinajstić information content (AvgIpc) is 2.38. The minimum atomic E-state index is 0.497. The molecule has 0 aliphatic carbocycles. The maximum Gasteiger partial charge on any atom is 0.0445 e. The quantitative estimate of drug-likeness (QED) is 0.804. The highest BCUT2D eigenvalue weighted by Gasteiger charge is 2.14. The number of nitrogens with one attached hydrogen (secondary N) is 1. The van der Waals surface area contributed by atoms with Crippen molar-refractivity contribution in [1.29, 1.82) is 0 Å². The minimum absolute atomic E-state index is 0.497. The largest absolute Gasteiger partial charge is 0.369 e. The molecular weight excluding hydrogens is 222 g/mol. The van der Waals surface area contributed by atoms with E-state index >= 15 is 0 Å². The fraction of sp³-hybridized carbons (Fsp3) is 0.667. The van der Waals surface area contributed by atoms with Crippen LogP contribution in [0.25, 0.3) is 0 Å². The molecule has 1 atom stereocenters. The molecule has 0 saturated heterocycles. The van der Waals surface area contributed by atoms with Gasteiger partial charge in [-0.15, -0.1) is 0 Å². The molecule has 0 fully saturated rings. The van der Waals surface area contributed by atoms with Crippen LogP contribution in [-0.2, 0) is 6.54 Å². The van der Waals surface area contributed by atoms with Gasteiger partial charge in [-0.2, -0.15) is 0 Å². The molecule has 1 N–H and O–H groups in total. The zero-order valence-electron chi connectivity index (χ0n) is 12.4. The molecular formula is C15H27N3. The van der Waals surface area contributed by atoms with Crippen LogP contribution in [0, 0.1) is 0 Å². The summed E-state index contributed by atoms with van der Waals surface area (Å²) in [6.45, 7) is 13.0. The summed E-state index contributed by atoms with van der Waals surface area (Å²) < 4.78 is 0. The Bertz CT molecular complexity index is 349. The van der Waals surface area contributed by atoms with Gasteiger partial charge in [0.2, 0.25) is 0 Å². The Labute approximate surface area is 112 Å².